The highest BCUT2D eigenvalue weighted by molar-refractivity contribution is 7.10. The average Bonchev–Trinajstić information content (AvgIpc) is 3.01. The molecule has 2 rings (SSSR count). The molecule has 0 spiro atoms. The fourth-order valence-electron chi connectivity index (χ4n) is 2.54. The van der Waals surface area contributed by atoms with Gasteiger partial charge in [-0.15, -0.1) is 11.3 Å². The van der Waals surface area contributed by atoms with Gasteiger partial charge in [0.05, 0.1) is 13.2 Å². The van der Waals surface area contributed by atoms with Gasteiger partial charge in [-0.2, -0.15) is 0 Å². The molecule has 1 aromatic heterocycles. The van der Waals surface area contributed by atoms with Crippen LogP contribution < -0.4 is 10.1 Å². The molecule has 1 aromatic carbocycles. The molecule has 114 valence electrons. The predicted octanol–water partition coefficient (Wildman–Crippen LogP) is 3.92. The zero-order valence-corrected chi connectivity index (χ0v) is 13.6. The van der Waals surface area contributed by atoms with E-state index in [-0.39, 0.29) is 12.1 Å². The van der Waals surface area contributed by atoms with Crippen molar-refractivity contribution in [2.24, 2.45) is 0 Å². The van der Waals surface area contributed by atoms with E-state index < -0.39 is 6.10 Å². The van der Waals surface area contributed by atoms with E-state index in [4.69, 9.17) is 4.74 Å². The van der Waals surface area contributed by atoms with Gasteiger partial charge < -0.3 is 15.2 Å². The molecule has 21 heavy (non-hydrogen) atoms. The second-order valence-electron chi connectivity index (χ2n) is 5.30. The van der Waals surface area contributed by atoms with Gasteiger partial charge in [0, 0.05) is 22.5 Å². The number of hydrogen-bond donors (Lipinski definition) is 2. The lowest BCUT2D eigenvalue weighted by Crippen LogP contribution is -2.30. The van der Waals surface area contributed by atoms with Crippen LogP contribution in [0.25, 0.3) is 0 Å². The van der Waals surface area contributed by atoms with Gasteiger partial charge in [0.15, 0.2) is 0 Å². The van der Waals surface area contributed by atoms with Crippen LogP contribution in [0.15, 0.2) is 41.8 Å². The number of aliphatic hydroxyl groups excluding tert-OH is 1. The van der Waals surface area contributed by atoms with Gasteiger partial charge in [0.1, 0.15) is 5.75 Å². The lowest BCUT2D eigenvalue weighted by molar-refractivity contribution is 0.155. The number of para-hydroxylation sites is 1. The van der Waals surface area contributed by atoms with E-state index in [0.717, 1.165) is 16.2 Å². The van der Waals surface area contributed by atoms with E-state index in [2.05, 4.69) is 25.2 Å². The van der Waals surface area contributed by atoms with Gasteiger partial charge in [0.2, 0.25) is 0 Å². The van der Waals surface area contributed by atoms with E-state index in [1.165, 1.54) is 0 Å². The van der Waals surface area contributed by atoms with E-state index in [1.54, 1.807) is 18.4 Å². The van der Waals surface area contributed by atoms with Gasteiger partial charge in [0.25, 0.3) is 0 Å². The minimum Gasteiger partial charge on any atom is -0.496 e. The number of hydrogen-bond acceptors (Lipinski definition) is 4. The first-order valence-corrected chi connectivity index (χ1v) is 8.10. The molecule has 2 aromatic rings. The lowest BCUT2D eigenvalue weighted by Gasteiger charge is -2.23. The maximum atomic E-state index is 10.2. The minimum absolute atomic E-state index is 0.173. The molecule has 1 heterocycles. The van der Waals surface area contributed by atoms with Gasteiger partial charge in [-0.25, -0.2) is 0 Å². The molecule has 0 aliphatic rings. The van der Waals surface area contributed by atoms with E-state index in [0.29, 0.717) is 6.42 Å². The summed E-state index contributed by atoms with van der Waals surface area (Å²) in [5.41, 5.74) is 1.14. The van der Waals surface area contributed by atoms with Crippen LogP contribution in [0.5, 0.6) is 5.75 Å². The van der Waals surface area contributed by atoms with Crippen LogP contribution in [0.3, 0.4) is 0 Å². The highest BCUT2D eigenvalue weighted by Crippen LogP contribution is 2.27. The molecule has 0 fully saturated rings. The second kappa shape index (κ2) is 7.59. The maximum absolute atomic E-state index is 10.2. The predicted molar refractivity (Wildman–Crippen MR) is 87.9 cm³/mol. The molecule has 3 nitrogen and oxygen atoms in total. The molecule has 0 bridgehead atoms. The third kappa shape index (κ3) is 4.30. The molecule has 0 saturated heterocycles. The highest BCUT2D eigenvalue weighted by Gasteiger charge is 2.17. The third-order valence-electron chi connectivity index (χ3n) is 3.59. The van der Waals surface area contributed by atoms with Gasteiger partial charge in [-0.3, -0.25) is 0 Å². The first kappa shape index (κ1) is 16.0. The zero-order valence-electron chi connectivity index (χ0n) is 12.7. The fourth-order valence-corrected chi connectivity index (χ4v) is 3.27. The largest absolute Gasteiger partial charge is 0.496 e. The quantitative estimate of drug-likeness (QED) is 0.814. The van der Waals surface area contributed by atoms with Gasteiger partial charge >= 0.3 is 0 Å². The smallest absolute Gasteiger partial charge is 0.123 e. The Bertz CT molecular complexity index is 541. The highest BCUT2D eigenvalue weighted by atomic mass is 32.1. The van der Waals surface area contributed by atoms with Crippen LogP contribution in [0.1, 0.15) is 42.9 Å². The Morgan fingerprint density at radius 2 is 1.95 bits per heavy atom. The monoisotopic (exact) mass is 305 g/mol. The number of benzene rings is 1. The summed E-state index contributed by atoms with van der Waals surface area (Å²) >= 11 is 1.60. The van der Waals surface area contributed by atoms with Crippen molar-refractivity contribution in [2.75, 3.05) is 7.11 Å². The van der Waals surface area contributed by atoms with Crippen LogP contribution in [0, 0.1) is 0 Å². The van der Waals surface area contributed by atoms with E-state index in [9.17, 15) is 5.11 Å². The molecule has 2 N–H and O–H groups in total. The van der Waals surface area contributed by atoms with Crippen molar-refractivity contribution >= 4 is 11.3 Å². The number of aliphatic hydroxyl groups is 1. The van der Waals surface area contributed by atoms with Crippen molar-refractivity contribution in [3.05, 3.63) is 52.2 Å². The SMILES string of the molecule is COc1ccccc1C(C)NC(C)CC(O)c1cccs1. The van der Waals surface area contributed by atoms with Crippen LogP contribution >= 0.6 is 11.3 Å². The molecular formula is C17H23NO2S. The molecule has 3 unspecified atom stereocenters. The zero-order chi connectivity index (χ0) is 15.2. The van der Waals surface area contributed by atoms with Crippen molar-refractivity contribution in [2.45, 2.75) is 38.5 Å². The Labute approximate surface area is 130 Å². The first-order chi connectivity index (χ1) is 10.1. The minimum atomic E-state index is -0.405. The number of thiophene rings is 1. The van der Waals surface area contributed by atoms with Crippen molar-refractivity contribution in [1.82, 2.24) is 5.32 Å². The molecular weight excluding hydrogens is 282 g/mol. The van der Waals surface area contributed by atoms with E-state index in [1.807, 2.05) is 35.7 Å². The normalized spacial score (nSPS) is 15.4. The van der Waals surface area contributed by atoms with Crippen molar-refractivity contribution in [1.29, 1.82) is 0 Å². The molecule has 3 atom stereocenters. The number of rotatable bonds is 7. The summed E-state index contributed by atoms with van der Waals surface area (Å²) in [6, 6.07) is 12.4. The number of nitrogens with one attached hydrogen (secondary N) is 1. The maximum Gasteiger partial charge on any atom is 0.123 e. The summed E-state index contributed by atoms with van der Waals surface area (Å²) < 4.78 is 5.40. The second-order valence-corrected chi connectivity index (χ2v) is 6.28. The Morgan fingerprint density at radius 1 is 1.19 bits per heavy atom. The van der Waals surface area contributed by atoms with Crippen LogP contribution in [-0.2, 0) is 0 Å². The summed E-state index contributed by atoms with van der Waals surface area (Å²) in [5, 5.41) is 15.7. The van der Waals surface area contributed by atoms with Crippen LogP contribution in [-0.4, -0.2) is 18.3 Å². The number of ether oxygens (including phenoxy) is 1. The standard InChI is InChI=1S/C17H23NO2S/c1-12(11-15(19)17-9-6-10-21-17)18-13(2)14-7-4-5-8-16(14)20-3/h4-10,12-13,15,18-19H,11H2,1-3H3. The summed E-state index contributed by atoms with van der Waals surface area (Å²) in [7, 11) is 1.69. The Morgan fingerprint density at radius 3 is 2.62 bits per heavy atom. The lowest BCUT2D eigenvalue weighted by atomic mass is 10.0. The van der Waals surface area contributed by atoms with E-state index >= 15 is 0 Å². The van der Waals surface area contributed by atoms with Gasteiger partial charge in [-0.1, -0.05) is 24.3 Å². The molecule has 0 amide bonds. The Kier molecular flexibility index (Phi) is 5.79. The number of methoxy groups -OCH3 is 1. The molecule has 0 aliphatic carbocycles. The first-order valence-electron chi connectivity index (χ1n) is 7.22. The third-order valence-corrected chi connectivity index (χ3v) is 4.56. The van der Waals surface area contributed by atoms with Crippen molar-refractivity contribution < 1.29 is 9.84 Å². The topological polar surface area (TPSA) is 41.5 Å². The fraction of sp³-hybridized carbons (Fsp3) is 0.412. The van der Waals surface area contributed by atoms with Crippen molar-refractivity contribution in [3.8, 4) is 5.75 Å². The van der Waals surface area contributed by atoms with Crippen molar-refractivity contribution in [3.63, 3.8) is 0 Å². The summed E-state index contributed by atoms with van der Waals surface area (Å²) in [4.78, 5) is 1.02. The molecule has 0 saturated carbocycles. The van der Waals surface area contributed by atoms with Crippen LogP contribution in [0.2, 0.25) is 0 Å². The summed E-state index contributed by atoms with van der Waals surface area (Å²) in [6.07, 6.45) is 0.289. The molecule has 0 radical (unpaired) electrons. The Balaban J connectivity index is 1.94. The van der Waals surface area contributed by atoms with Crippen LogP contribution in [0.4, 0.5) is 0 Å². The average molecular weight is 305 g/mol. The molecule has 4 heteroatoms. The summed E-state index contributed by atoms with van der Waals surface area (Å²) in [5.74, 6) is 0.892. The summed E-state index contributed by atoms with van der Waals surface area (Å²) in [6.45, 7) is 4.22. The molecule has 0 aliphatic heterocycles. The Hall–Kier alpha value is -1.36. The van der Waals surface area contributed by atoms with Gasteiger partial charge in [-0.05, 0) is 37.8 Å².